The molecular weight excluding hydrogens is 462 g/mol. The van der Waals surface area contributed by atoms with Crippen LogP contribution >= 0.6 is 0 Å². The second-order valence-electron chi connectivity index (χ2n) is 11.6. The molecule has 0 aliphatic heterocycles. The summed E-state index contributed by atoms with van der Waals surface area (Å²) in [6, 6.07) is 0. The average molecular weight is 511 g/mol. The van der Waals surface area contributed by atoms with E-state index in [4.69, 9.17) is 9.47 Å². The van der Waals surface area contributed by atoms with Crippen molar-refractivity contribution in [3.8, 4) is 0 Å². The van der Waals surface area contributed by atoms with Crippen LogP contribution in [0.4, 0.5) is 8.78 Å². The molecule has 0 aliphatic carbocycles. The molecule has 0 amide bonds. The van der Waals surface area contributed by atoms with Gasteiger partial charge in [0.25, 0.3) is 0 Å². The molecule has 0 aromatic heterocycles. The molecule has 1 unspecified atom stereocenters. The molecule has 7 nitrogen and oxygen atoms in total. The van der Waals surface area contributed by atoms with Crippen molar-refractivity contribution in [2.45, 2.75) is 126 Å². The number of hydrogen-bond acceptors (Lipinski definition) is 7. The Balaban J connectivity index is 0. The lowest BCUT2D eigenvalue weighted by molar-refractivity contribution is -0.202. The molecule has 0 saturated heterocycles. The van der Waals surface area contributed by atoms with Gasteiger partial charge in [0.05, 0.1) is 23.5 Å². The van der Waals surface area contributed by atoms with Gasteiger partial charge in [-0.05, 0) is 80.6 Å². The van der Waals surface area contributed by atoms with Crippen molar-refractivity contribution in [3.63, 3.8) is 0 Å². The second kappa shape index (κ2) is 13.0. The molecule has 1 atom stereocenters. The standard InChI is InChI=1S/C14H24F2O4.C12H24O3/c1-7-13(4,5)11(17)20-10(8-9(2)3)14(15,16)12(18)19-6;1-8-10(2,3)9(13)15-12(6,7)11(4,5)14/h9-10H,7-8H2,1-6H3;14H,8H2,1-7H3. The lowest BCUT2D eigenvalue weighted by Crippen LogP contribution is -2.50. The Morgan fingerprint density at radius 2 is 1.20 bits per heavy atom. The highest BCUT2D eigenvalue weighted by atomic mass is 19.3. The lowest BCUT2D eigenvalue weighted by Gasteiger charge is -2.38. The van der Waals surface area contributed by atoms with Gasteiger partial charge in [0, 0.05) is 0 Å². The van der Waals surface area contributed by atoms with Gasteiger partial charge in [0.2, 0.25) is 0 Å². The molecule has 0 heterocycles. The first-order chi connectivity index (χ1) is 15.4. The molecule has 0 rings (SSSR count). The van der Waals surface area contributed by atoms with E-state index in [1.807, 2.05) is 20.8 Å². The van der Waals surface area contributed by atoms with Crippen LogP contribution in [0.3, 0.4) is 0 Å². The number of alkyl halides is 2. The first-order valence-corrected chi connectivity index (χ1v) is 12.1. The fraction of sp³-hybridized carbons (Fsp3) is 0.885. The Morgan fingerprint density at radius 3 is 1.51 bits per heavy atom. The van der Waals surface area contributed by atoms with Gasteiger partial charge in [-0.2, -0.15) is 8.78 Å². The lowest BCUT2D eigenvalue weighted by atomic mass is 9.87. The number of halogens is 2. The molecule has 1 N–H and O–H groups in total. The minimum absolute atomic E-state index is 0.117. The summed E-state index contributed by atoms with van der Waals surface area (Å²) in [5.41, 5.74) is -3.30. The normalized spacial score (nSPS) is 14.0. The number of rotatable bonds is 11. The van der Waals surface area contributed by atoms with Crippen molar-refractivity contribution in [3.05, 3.63) is 0 Å². The highest BCUT2D eigenvalue weighted by Crippen LogP contribution is 2.32. The smallest absolute Gasteiger partial charge is 0.380 e. The van der Waals surface area contributed by atoms with Crippen LogP contribution in [0.25, 0.3) is 0 Å². The fourth-order valence-corrected chi connectivity index (χ4v) is 2.04. The van der Waals surface area contributed by atoms with Gasteiger partial charge in [-0.3, -0.25) is 9.59 Å². The van der Waals surface area contributed by atoms with Crippen LogP contribution in [-0.2, 0) is 28.6 Å². The van der Waals surface area contributed by atoms with Crippen LogP contribution in [0, 0.1) is 16.7 Å². The van der Waals surface area contributed by atoms with Gasteiger partial charge >= 0.3 is 23.8 Å². The highest BCUT2D eigenvalue weighted by Gasteiger charge is 2.52. The maximum absolute atomic E-state index is 13.9. The average Bonchev–Trinajstić information content (AvgIpc) is 2.71. The van der Waals surface area contributed by atoms with Crippen LogP contribution in [-0.4, -0.2) is 53.4 Å². The zero-order valence-corrected chi connectivity index (χ0v) is 23.9. The number of aliphatic hydroxyl groups is 1. The van der Waals surface area contributed by atoms with Crippen molar-refractivity contribution in [2.75, 3.05) is 7.11 Å². The summed E-state index contributed by atoms with van der Waals surface area (Å²) >= 11 is 0. The molecule has 0 spiro atoms. The Labute approximate surface area is 210 Å². The van der Waals surface area contributed by atoms with Crippen molar-refractivity contribution in [1.82, 2.24) is 0 Å². The maximum atomic E-state index is 13.9. The molecule has 0 radical (unpaired) electrons. The molecule has 0 saturated carbocycles. The van der Waals surface area contributed by atoms with Gasteiger partial charge in [-0.15, -0.1) is 0 Å². The van der Waals surface area contributed by atoms with Crippen molar-refractivity contribution in [1.29, 1.82) is 0 Å². The molecule has 208 valence electrons. The monoisotopic (exact) mass is 510 g/mol. The largest absolute Gasteiger partial charge is 0.464 e. The molecule has 0 aliphatic rings. The molecule has 9 heteroatoms. The Kier molecular flexibility index (Phi) is 13.1. The summed E-state index contributed by atoms with van der Waals surface area (Å²) in [5.74, 6) is -6.71. The van der Waals surface area contributed by atoms with Crippen LogP contribution < -0.4 is 0 Å². The number of carbonyl (C=O) groups is 3. The summed E-state index contributed by atoms with van der Waals surface area (Å²) in [5, 5.41) is 9.86. The van der Waals surface area contributed by atoms with E-state index in [9.17, 15) is 28.3 Å². The SMILES string of the molecule is CCC(C)(C)C(=O)OC(C)(C)C(C)(C)O.CCC(C)(C)C(=O)OC(CC(C)C)C(F)(F)C(=O)OC. The van der Waals surface area contributed by atoms with E-state index in [0.717, 1.165) is 7.11 Å². The summed E-state index contributed by atoms with van der Waals surface area (Å²) < 4.78 is 42.3. The zero-order chi connectivity index (χ0) is 28.6. The van der Waals surface area contributed by atoms with Crippen molar-refractivity contribution in [2.24, 2.45) is 16.7 Å². The Hall–Kier alpha value is -1.77. The molecule has 0 aromatic carbocycles. The number of ether oxygens (including phenoxy) is 3. The van der Waals surface area contributed by atoms with E-state index in [1.165, 1.54) is 0 Å². The van der Waals surface area contributed by atoms with Crippen molar-refractivity contribution < 1.29 is 42.5 Å². The first kappa shape index (κ1) is 35.4. The highest BCUT2D eigenvalue weighted by molar-refractivity contribution is 5.80. The van der Waals surface area contributed by atoms with E-state index in [1.54, 1.807) is 62.3 Å². The Morgan fingerprint density at radius 1 is 0.800 bits per heavy atom. The number of methoxy groups -OCH3 is 1. The van der Waals surface area contributed by atoms with Gasteiger partial charge in [0.15, 0.2) is 6.10 Å². The topological polar surface area (TPSA) is 99.1 Å². The molecule has 35 heavy (non-hydrogen) atoms. The predicted octanol–water partition coefficient (Wildman–Crippen LogP) is 5.70. The van der Waals surface area contributed by atoms with E-state index >= 15 is 0 Å². The first-order valence-electron chi connectivity index (χ1n) is 12.1. The third-order valence-corrected chi connectivity index (χ3v) is 6.49. The fourth-order valence-electron chi connectivity index (χ4n) is 2.04. The molecular formula is C26H48F2O7. The number of carbonyl (C=O) groups excluding carboxylic acids is 3. The summed E-state index contributed by atoms with van der Waals surface area (Å²) in [6.45, 7) is 20.7. The van der Waals surface area contributed by atoms with Crippen LogP contribution in [0.1, 0.15) is 102 Å². The molecule has 0 bridgehead atoms. The summed E-state index contributed by atoms with van der Waals surface area (Å²) in [4.78, 5) is 35.0. The van der Waals surface area contributed by atoms with Crippen molar-refractivity contribution >= 4 is 17.9 Å². The van der Waals surface area contributed by atoms with E-state index in [-0.39, 0.29) is 18.3 Å². The number of esters is 3. The minimum atomic E-state index is -3.85. The third kappa shape index (κ3) is 10.8. The molecule has 0 aromatic rings. The van der Waals surface area contributed by atoms with Gasteiger partial charge in [-0.25, -0.2) is 4.79 Å². The van der Waals surface area contributed by atoms with Gasteiger partial charge in [0.1, 0.15) is 5.60 Å². The summed E-state index contributed by atoms with van der Waals surface area (Å²) in [7, 11) is 0.875. The molecule has 0 fully saturated rings. The summed E-state index contributed by atoms with van der Waals surface area (Å²) in [6.07, 6.45) is -0.765. The van der Waals surface area contributed by atoms with Crippen LogP contribution in [0.15, 0.2) is 0 Å². The predicted molar refractivity (Wildman–Crippen MR) is 131 cm³/mol. The number of hydrogen-bond donors (Lipinski definition) is 1. The second-order valence-corrected chi connectivity index (χ2v) is 11.6. The third-order valence-electron chi connectivity index (χ3n) is 6.49. The van der Waals surface area contributed by atoms with E-state index in [0.29, 0.717) is 12.8 Å². The van der Waals surface area contributed by atoms with Crippen LogP contribution in [0.2, 0.25) is 0 Å². The Bertz CT molecular complexity index is 705. The van der Waals surface area contributed by atoms with E-state index < -0.39 is 46.0 Å². The zero-order valence-electron chi connectivity index (χ0n) is 23.9. The van der Waals surface area contributed by atoms with Gasteiger partial charge in [-0.1, -0.05) is 27.7 Å². The van der Waals surface area contributed by atoms with Crippen LogP contribution in [0.5, 0.6) is 0 Å². The van der Waals surface area contributed by atoms with E-state index in [2.05, 4.69) is 4.74 Å². The quantitative estimate of drug-likeness (QED) is 0.281. The maximum Gasteiger partial charge on any atom is 0.380 e. The van der Waals surface area contributed by atoms with Gasteiger partial charge < -0.3 is 19.3 Å². The minimum Gasteiger partial charge on any atom is -0.464 e.